The maximum absolute atomic E-state index is 12.0. The highest BCUT2D eigenvalue weighted by Crippen LogP contribution is 2.18. The molecule has 0 fully saturated rings. The number of carbonyl (C=O) groups excluding carboxylic acids is 1. The molecular formula is C11H17BrN4O. The number of halogens is 1. The molecule has 0 aromatic carbocycles. The molecule has 0 bridgehead atoms. The Kier molecular flexibility index (Phi) is 4.47. The van der Waals surface area contributed by atoms with Crippen LogP contribution in [0.1, 0.15) is 31.1 Å². The van der Waals surface area contributed by atoms with Crippen molar-refractivity contribution in [1.29, 1.82) is 0 Å². The maximum atomic E-state index is 12.0. The average Bonchev–Trinajstić information content (AvgIpc) is 2.25. The summed E-state index contributed by atoms with van der Waals surface area (Å²) in [5, 5.41) is 2.85. The normalized spacial score (nSPS) is 11.1. The van der Waals surface area contributed by atoms with Gasteiger partial charge in [-0.3, -0.25) is 4.79 Å². The standard InChI is InChI=1S/C11H17BrN4O/c1-11(2,3)6-15-10(17)8-4-7(12)5-14-9(8)16-13/h4-5H,6,13H2,1-3H3,(H,14,16)(H,15,17). The van der Waals surface area contributed by atoms with Crippen LogP contribution in [0.5, 0.6) is 0 Å². The van der Waals surface area contributed by atoms with Gasteiger partial charge >= 0.3 is 0 Å². The number of hydrogen-bond donors (Lipinski definition) is 3. The molecule has 17 heavy (non-hydrogen) atoms. The molecule has 94 valence electrons. The van der Waals surface area contributed by atoms with Gasteiger partial charge in [0, 0.05) is 17.2 Å². The first-order valence-electron chi connectivity index (χ1n) is 5.24. The molecule has 0 spiro atoms. The molecule has 0 aliphatic rings. The molecule has 6 heteroatoms. The van der Waals surface area contributed by atoms with Crippen molar-refractivity contribution in [2.75, 3.05) is 12.0 Å². The van der Waals surface area contributed by atoms with Crippen molar-refractivity contribution in [2.45, 2.75) is 20.8 Å². The van der Waals surface area contributed by atoms with Gasteiger partial charge in [0.25, 0.3) is 5.91 Å². The Hall–Kier alpha value is -1.14. The van der Waals surface area contributed by atoms with E-state index in [2.05, 4.69) is 52.4 Å². The molecule has 1 aromatic heterocycles. The molecule has 5 nitrogen and oxygen atoms in total. The van der Waals surface area contributed by atoms with Crippen LogP contribution in [0.2, 0.25) is 0 Å². The summed E-state index contributed by atoms with van der Waals surface area (Å²) in [6, 6.07) is 1.68. The van der Waals surface area contributed by atoms with Gasteiger partial charge in [0.1, 0.15) is 0 Å². The summed E-state index contributed by atoms with van der Waals surface area (Å²) in [6.07, 6.45) is 1.58. The highest BCUT2D eigenvalue weighted by atomic mass is 79.9. The lowest BCUT2D eigenvalue weighted by atomic mass is 9.97. The Balaban J connectivity index is 2.84. The van der Waals surface area contributed by atoms with E-state index in [4.69, 9.17) is 5.84 Å². The first-order valence-corrected chi connectivity index (χ1v) is 6.03. The Morgan fingerprint density at radius 2 is 2.18 bits per heavy atom. The van der Waals surface area contributed by atoms with E-state index in [0.29, 0.717) is 17.9 Å². The van der Waals surface area contributed by atoms with E-state index in [1.807, 2.05) is 0 Å². The van der Waals surface area contributed by atoms with E-state index in [-0.39, 0.29) is 11.3 Å². The number of hydrazine groups is 1. The molecule has 0 radical (unpaired) electrons. The number of rotatable bonds is 3. The van der Waals surface area contributed by atoms with Crippen molar-refractivity contribution in [2.24, 2.45) is 11.3 Å². The van der Waals surface area contributed by atoms with Crippen LogP contribution in [-0.2, 0) is 0 Å². The Morgan fingerprint density at radius 1 is 1.53 bits per heavy atom. The van der Waals surface area contributed by atoms with Gasteiger partial charge in [0.05, 0.1) is 5.56 Å². The largest absolute Gasteiger partial charge is 0.351 e. The molecule has 0 saturated heterocycles. The summed E-state index contributed by atoms with van der Waals surface area (Å²) in [6.45, 7) is 6.74. The Labute approximate surface area is 109 Å². The van der Waals surface area contributed by atoms with Crippen LogP contribution in [0, 0.1) is 5.41 Å². The number of nitrogens with one attached hydrogen (secondary N) is 2. The van der Waals surface area contributed by atoms with Gasteiger partial charge in [-0.15, -0.1) is 0 Å². The van der Waals surface area contributed by atoms with E-state index in [1.165, 1.54) is 0 Å². The summed E-state index contributed by atoms with van der Waals surface area (Å²) >= 11 is 3.27. The predicted molar refractivity (Wildman–Crippen MR) is 71.5 cm³/mol. The summed E-state index contributed by atoms with van der Waals surface area (Å²) in [5.74, 6) is 5.48. The minimum Gasteiger partial charge on any atom is -0.351 e. The van der Waals surface area contributed by atoms with Crippen molar-refractivity contribution >= 4 is 27.7 Å². The third kappa shape index (κ3) is 4.32. The smallest absolute Gasteiger partial charge is 0.255 e. The summed E-state index contributed by atoms with van der Waals surface area (Å²) in [7, 11) is 0. The van der Waals surface area contributed by atoms with Gasteiger partial charge in [0.15, 0.2) is 5.82 Å². The van der Waals surface area contributed by atoms with Crippen LogP contribution in [0.15, 0.2) is 16.7 Å². The van der Waals surface area contributed by atoms with E-state index in [9.17, 15) is 4.79 Å². The molecule has 0 saturated carbocycles. The van der Waals surface area contributed by atoms with Crippen molar-refractivity contribution < 1.29 is 4.79 Å². The van der Waals surface area contributed by atoms with Gasteiger partial charge in [-0.2, -0.15) is 0 Å². The summed E-state index contributed by atoms with van der Waals surface area (Å²) in [4.78, 5) is 16.0. The number of anilines is 1. The lowest BCUT2D eigenvalue weighted by molar-refractivity contribution is 0.0939. The fourth-order valence-electron chi connectivity index (χ4n) is 1.17. The monoisotopic (exact) mass is 300 g/mol. The number of carbonyl (C=O) groups is 1. The summed E-state index contributed by atoms with van der Waals surface area (Å²) in [5.41, 5.74) is 2.86. The Morgan fingerprint density at radius 3 is 2.71 bits per heavy atom. The fourth-order valence-corrected chi connectivity index (χ4v) is 1.50. The van der Waals surface area contributed by atoms with Crippen LogP contribution in [0.3, 0.4) is 0 Å². The van der Waals surface area contributed by atoms with E-state index < -0.39 is 0 Å². The molecule has 0 atom stereocenters. The zero-order valence-electron chi connectivity index (χ0n) is 10.2. The third-order valence-corrected chi connectivity index (χ3v) is 2.45. The third-order valence-electron chi connectivity index (χ3n) is 2.01. The van der Waals surface area contributed by atoms with Gasteiger partial charge in [-0.1, -0.05) is 20.8 Å². The number of pyridine rings is 1. The van der Waals surface area contributed by atoms with Crippen molar-refractivity contribution in [3.05, 3.63) is 22.3 Å². The average molecular weight is 301 g/mol. The highest BCUT2D eigenvalue weighted by Gasteiger charge is 2.16. The molecule has 0 aliphatic heterocycles. The van der Waals surface area contributed by atoms with Gasteiger partial charge in [-0.25, -0.2) is 10.8 Å². The zero-order chi connectivity index (χ0) is 13.1. The molecule has 1 rings (SSSR count). The first kappa shape index (κ1) is 13.9. The second-order valence-electron chi connectivity index (χ2n) is 4.94. The summed E-state index contributed by atoms with van der Waals surface area (Å²) < 4.78 is 0.734. The predicted octanol–water partition coefficient (Wildman–Crippen LogP) is 1.91. The van der Waals surface area contributed by atoms with Crippen molar-refractivity contribution in [1.82, 2.24) is 10.3 Å². The number of hydrogen-bond acceptors (Lipinski definition) is 4. The minimum absolute atomic E-state index is 0.0331. The van der Waals surface area contributed by atoms with Crippen LogP contribution in [0.4, 0.5) is 5.82 Å². The Bertz CT molecular complexity index is 414. The molecule has 1 aromatic rings. The highest BCUT2D eigenvalue weighted by molar-refractivity contribution is 9.10. The molecule has 0 unspecified atom stereocenters. The van der Waals surface area contributed by atoms with Gasteiger partial charge in [0.2, 0.25) is 0 Å². The number of amides is 1. The van der Waals surface area contributed by atoms with Crippen molar-refractivity contribution in [3.8, 4) is 0 Å². The molecule has 1 amide bonds. The van der Waals surface area contributed by atoms with Crippen LogP contribution in [0.25, 0.3) is 0 Å². The minimum atomic E-state index is -0.193. The van der Waals surface area contributed by atoms with Gasteiger partial charge < -0.3 is 10.7 Å². The topological polar surface area (TPSA) is 80.0 Å². The molecule has 4 N–H and O–H groups in total. The van der Waals surface area contributed by atoms with E-state index in [0.717, 1.165) is 4.47 Å². The zero-order valence-corrected chi connectivity index (χ0v) is 11.8. The van der Waals surface area contributed by atoms with Crippen LogP contribution >= 0.6 is 15.9 Å². The fraction of sp³-hybridized carbons (Fsp3) is 0.455. The molecular weight excluding hydrogens is 284 g/mol. The lowest BCUT2D eigenvalue weighted by Gasteiger charge is -2.19. The van der Waals surface area contributed by atoms with E-state index in [1.54, 1.807) is 12.3 Å². The second-order valence-corrected chi connectivity index (χ2v) is 5.85. The first-order chi connectivity index (χ1) is 7.83. The molecule has 0 aliphatic carbocycles. The van der Waals surface area contributed by atoms with Gasteiger partial charge in [-0.05, 0) is 27.4 Å². The molecule has 1 heterocycles. The van der Waals surface area contributed by atoms with Crippen LogP contribution < -0.4 is 16.6 Å². The second kappa shape index (κ2) is 5.46. The number of nitrogens with zero attached hydrogens (tertiary/aromatic N) is 1. The quantitative estimate of drug-likeness (QED) is 0.588. The van der Waals surface area contributed by atoms with Crippen molar-refractivity contribution in [3.63, 3.8) is 0 Å². The number of aromatic nitrogens is 1. The maximum Gasteiger partial charge on any atom is 0.255 e. The van der Waals surface area contributed by atoms with Crippen LogP contribution in [-0.4, -0.2) is 17.4 Å². The number of nitrogen functional groups attached to an aromatic ring is 1. The lowest BCUT2D eigenvalue weighted by Crippen LogP contribution is -2.33. The number of nitrogens with two attached hydrogens (primary N) is 1. The SMILES string of the molecule is CC(C)(C)CNC(=O)c1cc(Br)cnc1NN. The van der Waals surface area contributed by atoms with E-state index >= 15 is 0 Å².